The minimum absolute atomic E-state index is 0.329. The molecule has 0 rings (SSSR count). The zero-order valence-electron chi connectivity index (χ0n) is 7.59. The highest BCUT2D eigenvalue weighted by Gasteiger charge is 1.91. The van der Waals surface area contributed by atoms with E-state index in [0.29, 0.717) is 5.75 Å². The molecular formula is C9H18O2S. The van der Waals surface area contributed by atoms with Crippen molar-refractivity contribution in [2.45, 2.75) is 44.9 Å². The molecular weight excluding hydrogens is 172 g/mol. The zero-order valence-corrected chi connectivity index (χ0v) is 8.41. The van der Waals surface area contributed by atoms with Gasteiger partial charge in [-0.3, -0.25) is 4.21 Å². The fraction of sp³-hybridized carbons (Fsp3) is 0.889. The van der Waals surface area contributed by atoms with Gasteiger partial charge in [0.25, 0.3) is 0 Å². The minimum atomic E-state index is -1.83. The first kappa shape index (κ1) is 12.0. The number of hydrogen-bond acceptors (Lipinski definition) is 2. The van der Waals surface area contributed by atoms with Gasteiger partial charge in [-0.15, -0.1) is 0 Å². The molecule has 72 valence electrons. The molecule has 2 nitrogen and oxygen atoms in total. The summed E-state index contributed by atoms with van der Waals surface area (Å²) in [6.45, 7) is 3.76. The molecule has 0 aliphatic rings. The number of rotatable bonds is 8. The van der Waals surface area contributed by atoms with Crippen molar-refractivity contribution in [1.82, 2.24) is 0 Å². The Morgan fingerprint density at radius 3 is 2.00 bits per heavy atom. The molecule has 0 aliphatic carbocycles. The van der Waals surface area contributed by atoms with Crippen LogP contribution in [0.3, 0.4) is 0 Å². The van der Waals surface area contributed by atoms with Gasteiger partial charge in [0.1, 0.15) is 0 Å². The summed E-state index contributed by atoms with van der Waals surface area (Å²) in [6.07, 6.45) is 7.71. The van der Waals surface area contributed by atoms with Crippen LogP contribution in [0.4, 0.5) is 0 Å². The van der Waals surface area contributed by atoms with E-state index in [1.165, 1.54) is 19.3 Å². The van der Waals surface area contributed by atoms with E-state index < -0.39 is 11.1 Å². The molecule has 0 aromatic rings. The van der Waals surface area contributed by atoms with Gasteiger partial charge in [0.15, 0.2) is 0 Å². The van der Waals surface area contributed by atoms with E-state index in [1.54, 1.807) is 0 Å². The summed E-state index contributed by atoms with van der Waals surface area (Å²) < 4.78 is 20.3. The Labute approximate surface area is 78.0 Å². The summed E-state index contributed by atoms with van der Waals surface area (Å²) >= 11 is -1.83. The molecule has 0 N–H and O–H groups in total. The zero-order chi connectivity index (χ0) is 9.23. The van der Waals surface area contributed by atoms with Gasteiger partial charge in [0, 0.05) is 5.75 Å². The van der Waals surface area contributed by atoms with Gasteiger partial charge in [-0.2, -0.15) is 0 Å². The van der Waals surface area contributed by atoms with E-state index in [1.807, 2.05) is 0 Å². The van der Waals surface area contributed by atoms with Gasteiger partial charge in [-0.05, 0) is 19.3 Å². The van der Waals surface area contributed by atoms with Crippen molar-refractivity contribution >= 4 is 11.1 Å². The van der Waals surface area contributed by atoms with Crippen molar-refractivity contribution in [1.29, 1.82) is 0 Å². The standard InChI is InChI=1S/C9H18O2S/c1-2-3-4-5-6-7-8-9-12(10)11/h1-9H2. The van der Waals surface area contributed by atoms with Gasteiger partial charge in [-0.25, -0.2) is 0 Å². The molecule has 0 radical (unpaired) electrons. The van der Waals surface area contributed by atoms with Gasteiger partial charge in [0.05, 0.1) is 13.3 Å². The van der Waals surface area contributed by atoms with Gasteiger partial charge in [-0.1, -0.05) is 30.3 Å². The van der Waals surface area contributed by atoms with Gasteiger partial charge >= 0.3 is 0 Å². The van der Waals surface area contributed by atoms with Gasteiger partial charge < -0.3 is 4.55 Å². The Kier molecular flexibility index (Phi) is 9.06. The Morgan fingerprint density at radius 1 is 1.00 bits per heavy atom. The lowest BCUT2D eigenvalue weighted by Gasteiger charge is -2.03. The van der Waals surface area contributed by atoms with E-state index in [0.717, 1.165) is 25.7 Å². The van der Waals surface area contributed by atoms with Crippen LogP contribution >= 0.6 is 0 Å². The first-order chi connectivity index (χ1) is 5.77. The number of unbranched alkanes of at least 4 members (excludes halogenated alkanes) is 6. The first-order valence-corrected chi connectivity index (χ1v) is 5.87. The molecule has 0 aromatic heterocycles. The fourth-order valence-electron chi connectivity index (χ4n) is 1.10. The Morgan fingerprint density at radius 2 is 1.50 bits per heavy atom. The average molecular weight is 190 g/mol. The molecule has 0 fully saturated rings. The first-order valence-electron chi connectivity index (χ1n) is 4.62. The fourth-order valence-corrected chi connectivity index (χ4v) is 1.54. The van der Waals surface area contributed by atoms with Gasteiger partial charge in [0.2, 0.25) is 0 Å². The maximum atomic E-state index is 10.1. The predicted octanol–water partition coefficient (Wildman–Crippen LogP) is 2.43. The Hall–Kier alpha value is -0.0200. The third-order valence-electron chi connectivity index (χ3n) is 1.81. The minimum Gasteiger partial charge on any atom is -0.772 e. The molecule has 3 heteroatoms. The Balaban J connectivity index is 2.86. The smallest absolute Gasteiger partial charge is 0.0850 e. The molecule has 0 aromatic carbocycles. The summed E-state index contributed by atoms with van der Waals surface area (Å²) in [5, 5.41) is 0. The van der Waals surface area contributed by atoms with Crippen LogP contribution in [-0.4, -0.2) is 14.5 Å². The van der Waals surface area contributed by atoms with E-state index in [4.69, 9.17) is 0 Å². The molecule has 0 saturated heterocycles. The third kappa shape index (κ3) is 9.98. The van der Waals surface area contributed by atoms with Crippen LogP contribution in [0, 0.1) is 6.92 Å². The molecule has 0 aliphatic heterocycles. The van der Waals surface area contributed by atoms with E-state index in [9.17, 15) is 8.76 Å². The highest BCUT2D eigenvalue weighted by molar-refractivity contribution is 7.79. The molecule has 0 spiro atoms. The second-order valence-electron chi connectivity index (χ2n) is 2.98. The summed E-state index contributed by atoms with van der Waals surface area (Å²) in [7, 11) is 0. The van der Waals surface area contributed by atoms with Crippen LogP contribution in [-0.2, 0) is 11.1 Å². The SMILES string of the molecule is [CH2+]CCCCCCCCS(=O)[O-]. The topological polar surface area (TPSA) is 40.1 Å². The maximum absolute atomic E-state index is 10.1. The monoisotopic (exact) mass is 190 g/mol. The lowest BCUT2D eigenvalue weighted by Crippen LogP contribution is -1.94. The van der Waals surface area contributed by atoms with Crippen LogP contribution in [0.15, 0.2) is 0 Å². The second kappa shape index (κ2) is 9.07. The molecule has 0 amide bonds. The van der Waals surface area contributed by atoms with Crippen LogP contribution in [0.2, 0.25) is 0 Å². The van der Waals surface area contributed by atoms with Crippen LogP contribution in [0.25, 0.3) is 0 Å². The summed E-state index contributed by atoms with van der Waals surface area (Å²) in [4.78, 5) is 0. The third-order valence-corrected chi connectivity index (χ3v) is 2.43. The van der Waals surface area contributed by atoms with Crippen LogP contribution < -0.4 is 0 Å². The van der Waals surface area contributed by atoms with Crippen molar-refractivity contribution in [3.05, 3.63) is 6.92 Å². The highest BCUT2D eigenvalue weighted by atomic mass is 32.2. The largest absolute Gasteiger partial charge is 0.772 e. The summed E-state index contributed by atoms with van der Waals surface area (Å²) in [5.74, 6) is 0.329. The molecule has 1 unspecified atom stereocenters. The predicted molar refractivity (Wildman–Crippen MR) is 51.5 cm³/mol. The lowest BCUT2D eigenvalue weighted by atomic mass is 10.1. The summed E-state index contributed by atoms with van der Waals surface area (Å²) in [5.41, 5.74) is 0. The molecule has 0 heterocycles. The second-order valence-corrected chi connectivity index (χ2v) is 4.00. The molecule has 12 heavy (non-hydrogen) atoms. The number of hydrogen-bond donors (Lipinski definition) is 0. The lowest BCUT2D eigenvalue weighted by molar-refractivity contribution is 0.530. The molecule has 1 atom stereocenters. The summed E-state index contributed by atoms with van der Waals surface area (Å²) in [6, 6.07) is 0. The van der Waals surface area contributed by atoms with E-state index in [2.05, 4.69) is 6.92 Å². The molecule has 0 saturated carbocycles. The van der Waals surface area contributed by atoms with Crippen molar-refractivity contribution < 1.29 is 8.76 Å². The quantitative estimate of drug-likeness (QED) is 0.335. The molecule has 0 bridgehead atoms. The van der Waals surface area contributed by atoms with Crippen LogP contribution in [0.1, 0.15) is 44.9 Å². The maximum Gasteiger partial charge on any atom is 0.0850 e. The average Bonchev–Trinajstić information content (AvgIpc) is 2.02. The van der Waals surface area contributed by atoms with Crippen molar-refractivity contribution in [3.63, 3.8) is 0 Å². The highest BCUT2D eigenvalue weighted by Crippen LogP contribution is 2.06. The van der Waals surface area contributed by atoms with E-state index >= 15 is 0 Å². The van der Waals surface area contributed by atoms with Crippen LogP contribution in [0.5, 0.6) is 0 Å². The van der Waals surface area contributed by atoms with Crippen molar-refractivity contribution in [3.8, 4) is 0 Å². The van der Waals surface area contributed by atoms with Crippen molar-refractivity contribution in [2.75, 3.05) is 5.75 Å². The van der Waals surface area contributed by atoms with Crippen molar-refractivity contribution in [2.24, 2.45) is 0 Å². The van der Waals surface area contributed by atoms with E-state index in [-0.39, 0.29) is 0 Å². The normalized spacial score (nSPS) is 13.1. The Bertz CT molecular complexity index is 115.